The predicted molar refractivity (Wildman–Crippen MR) is 79.4 cm³/mol. The minimum absolute atomic E-state index is 0.343. The van der Waals surface area contributed by atoms with Gasteiger partial charge in [-0.3, -0.25) is 0 Å². The molecule has 0 aliphatic heterocycles. The number of rotatable bonds is 7. The minimum atomic E-state index is -0.767. The van der Waals surface area contributed by atoms with Gasteiger partial charge in [-0.1, -0.05) is 19.1 Å². The second kappa shape index (κ2) is 6.40. The Hall–Kier alpha value is -1.06. The quantitative estimate of drug-likeness (QED) is 0.796. The molecule has 0 amide bonds. The standard InChI is InChI=1S/C16H27NO2/c1-6-11-19-14-9-7-13(8-10-14)12-17-15(2,3)16(4,5)18/h7-10,17-18H,6,11-12H2,1-5H3. The molecule has 1 aromatic carbocycles. The van der Waals surface area contributed by atoms with Crippen LogP contribution >= 0.6 is 0 Å². The van der Waals surface area contributed by atoms with Crippen LogP contribution in [-0.2, 0) is 6.54 Å². The van der Waals surface area contributed by atoms with Crippen LogP contribution in [0.1, 0.15) is 46.6 Å². The van der Waals surface area contributed by atoms with Crippen LogP contribution < -0.4 is 10.1 Å². The molecule has 3 heteroatoms. The molecule has 1 rings (SSSR count). The van der Waals surface area contributed by atoms with E-state index in [1.54, 1.807) is 0 Å². The van der Waals surface area contributed by atoms with Gasteiger partial charge in [0.1, 0.15) is 5.75 Å². The highest BCUT2D eigenvalue weighted by Gasteiger charge is 2.34. The highest BCUT2D eigenvalue weighted by atomic mass is 16.5. The molecule has 0 saturated heterocycles. The summed E-state index contributed by atoms with van der Waals surface area (Å²) in [7, 11) is 0. The van der Waals surface area contributed by atoms with Crippen molar-refractivity contribution >= 4 is 0 Å². The van der Waals surface area contributed by atoms with Crippen molar-refractivity contribution in [2.75, 3.05) is 6.61 Å². The van der Waals surface area contributed by atoms with Crippen molar-refractivity contribution in [1.82, 2.24) is 5.32 Å². The van der Waals surface area contributed by atoms with Crippen LogP contribution in [0.3, 0.4) is 0 Å². The molecule has 0 radical (unpaired) electrons. The Balaban J connectivity index is 2.55. The van der Waals surface area contributed by atoms with Crippen molar-refractivity contribution in [3.8, 4) is 5.75 Å². The van der Waals surface area contributed by atoms with E-state index in [0.29, 0.717) is 0 Å². The maximum Gasteiger partial charge on any atom is 0.119 e. The smallest absolute Gasteiger partial charge is 0.119 e. The van der Waals surface area contributed by atoms with Gasteiger partial charge < -0.3 is 15.2 Å². The fourth-order valence-electron chi connectivity index (χ4n) is 1.46. The number of benzene rings is 1. The lowest BCUT2D eigenvalue weighted by atomic mass is 9.86. The van der Waals surface area contributed by atoms with E-state index < -0.39 is 5.60 Å². The van der Waals surface area contributed by atoms with Gasteiger partial charge in [0.2, 0.25) is 0 Å². The molecule has 0 spiro atoms. The summed E-state index contributed by atoms with van der Waals surface area (Å²) in [6, 6.07) is 8.09. The summed E-state index contributed by atoms with van der Waals surface area (Å²) in [5, 5.41) is 13.5. The van der Waals surface area contributed by atoms with Crippen molar-refractivity contribution in [2.24, 2.45) is 0 Å². The number of nitrogens with one attached hydrogen (secondary N) is 1. The number of hydrogen-bond donors (Lipinski definition) is 2. The number of aliphatic hydroxyl groups is 1. The van der Waals surface area contributed by atoms with E-state index in [1.807, 2.05) is 39.8 Å². The van der Waals surface area contributed by atoms with Crippen molar-refractivity contribution in [2.45, 2.75) is 58.7 Å². The Bertz CT molecular complexity index is 377. The zero-order chi connectivity index (χ0) is 14.5. The normalized spacial score (nSPS) is 12.5. The molecule has 19 heavy (non-hydrogen) atoms. The maximum absolute atomic E-state index is 10.1. The molecule has 0 heterocycles. The van der Waals surface area contributed by atoms with Crippen LogP contribution in [0.25, 0.3) is 0 Å². The average Bonchev–Trinajstić information content (AvgIpc) is 2.34. The van der Waals surface area contributed by atoms with Crippen LogP contribution in [0.15, 0.2) is 24.3 Å². The van der Waals surface area contributed by atoms with E-state index in [1.165, 1.54) is 5.56 Å². The SMILES string of the molecule is CCCOc1ccc(CNC(C)(C)C(C)(C)O)cc1. The first-order chi connectivity index (χ1) is 8.76. The highest BCUT2D eigenvalue weighted by Crippen LogP contribution is 2.21. The van der Waals surface area contributed by atoms with Crippen LogP contribution in [0.4, 0.5) is 0 Å². The lowest BCUT2D eigenvalue weighted by molar-refractivity contribution is -0.00532. The number of hydrogen-bond acceptors (Lipinski definition) is 3. The summed E-state index contributed by atoms with van der Waals surface area (Å²) in [6.07, 6.45) is 1.02. The molecule has 108 valence electrons. The van der Waals surface area contributed by atoms with Crippen molar-refractivity contribution in [1.29, 1.82) is 0 Å². The largest absolute Gasteiger partial charge is 0.494 e. The van der Waals surface area contributed by atoms with Gasteiger partial charge in [-0.25, -0.2) is 0 Å². The Morgan fingerprint density at radius 2 is 1.68 bits per heavy atom. The van der Waals surface area contributed by atoms with Crippen molar-refractivity contribution in [3.05, 3.63) is 29.8 Å². The molecule has 3 nitrogen and oxygen atoms in total. The lowest BCUT2D eigenvalue weighted by Crippen LogP contribution is -2.55. The topological polar surface area (TPSA) is 41.5 Å². The third-order valence-corrected chi connectivity index (χ3v) is 3.66. The molecule has 0 aliphatic rings. The molecule has 0 bridgehead atoms. The van der Waals surface area contributed by atoms with E-state index in [0.717, 1.165) is 25.3 Å². The first kappa shape index (κ1) is 16.0. The molecule has 0 aromatic heterocycles. The minimum Gasteiger partial charge on any atom is -0.494 e. The molecular formula is C16H27NO2. The second-order valence-electron chi connectivity index (χ2n) is 6.03. The van der Waals surface area contributed by atoms with E-state index in [-0.39, 0.29) is 5.54 Å². The highest BCUT2D eigenvalue weighted by molar-refractivity contribution is 5.27. The van der Waals surface area contributed by atoms with E-state index in [9.17, 15) is 5.11 Å². The van der Waals surface area contributed by atoms with Crippen molar-refractivity contribution < 1.29 is 9.84 Å². The molecule has 0 saturated carbocycles. The third-order valence-electron chi connectivity index (χ3n) is 3.66. The summed E-state index contributed by atoms with van der Waals surface area (Å²) < 4.78 is 5.55. The Labute approximate surface area is 117 Å². The first-order valence-corrected chi connectivity index (χ1v) is 6.95. The second-order valence-corrected chi connectivity index (χ2v) is 6.03. The number of ether oxygens (including phenoxy) is 1. The van der Waals surface area contributed by atoms with Gasteiger partial charge in [0.15, 0.2) is 0 Å². The predicted octanol–water partition coefficient (Wildman–Crippen LogP) is 3.11. The summed E-state index contributed by atoms with van der Waals surface area (Å²) in [5.74, 6) is 0.910. The molecule has 0 aliphatic carbocycles. The third kappa shape index (κ3) is 4.84. The molecule has 1 aromatic rings. The van der Waals surface area contributed by atoms with E-state index in [4.69, 9.17) is 4.74 Å². The Kier molecular flexibility index (Phi) is 5.39. The summed E-state index contributed by atoms with van der Waals surface area (Å²) in [4.78, 5) is 0. The van der Waals surface area contributed by atoms with Gasteiger partial charge in [-0.2, -0.15) is 0 Å². The fraction of sp³-hybridized carbons (Fsp3) is 0.625. The van der Waals surface area contributed by atoms with Gasteiger partial charge in [0.25, 0.3) is 0 Å². The molecule has 0 unspecified atom stereocenters. The maximum atomic E-state index is 10.1. The van der Waals surface area contributed by atoms with Gasteiger partial charge in [0, 0.05) is 12.1 Å². The van der Waals surface area contributed by atoms with Gasteiger partial charge >= 0.3 is 0 Å². The van der Waals surface area contributed by atoms with Crippen molar-refractivity contribution in [3.63, 3.8) is 0 Å². The fourth-order valence-corrected chi connectivity index (χ4v) is 1.46. The first-order valence-electron chi connectivity index (χ1n) is 6.95. The van der Waals surface area contributed by atoms with E-state index >= 15 is 0 Å². The van der Waals surface area contributed by atoms with Crippen LogP contribution in [0.5, 0.6) is 5.75 Å². The zero-order valence-corrected chi connectivity index (χ0v) is 12.8. The van der Waals surface area contributed by atoms with E-state index in [2.05, 4.69) is 24.4 Å². The molecule has 2 N–H and O–H groups in total. The van der Waals surface area contributed by atoms with Gasteiger partial charge in [-0.15, -0.1) is 0 Å². The van der Waals surface area contributed by atoms with Crippen LogP contribution in [0, 0.1) is 0 Å². The summed E-state index contributed by atoms with van der Waals surface area (Å²) in [5.41, 5.74) is 0.0721. The van der Waals surface area contributed by atoms with Gasteiger partial charge in [0.05, 0.1) is 12.2 Å². The zero-order valence-electron chi connectivity index (χ0n) is 12.8. The monoisotopic (exact) mass is 265 g/mol. The summed E-state index contributed by atoms with van der Waals surface area (Å²) in [6.45, 7) is 11.2. The van der Waals surface area contributed by atoms with Crippen LogP contribution in [-0.4, -0.2) is 22.9 Å². The Morgan fingerprint density at radius 1 is 1.11 bits per heavy atom. The molecule has 0 atom stereocenters. The molecular weight excluding hydrogens is 238 g/mol. The Morgan fingerprint density at radius 3 is 2.16 bits per heavy atom. The lowest BCUT2D eigenvalue weighted by Gasteiger charge is -2.38. The van der Waals surface area contributed by atoms with Gasteiger partial charge in [-0.05, 0) is 51.8 Å². The summed E-state index contributed by atoms with van der Waals surface area (Å²) >= 11 is 0. The molecule has 0 fully saturated rings. The average molecular weight is 265 g/mol. The van der Waals surface area contributed by atoms with Crippen LogP contribution in [0.2, 0.25) is 0 Å².